The Kier molecular flexibility index (Phi) is 5.12. The number of para-hydroxylation sites is 1. The third-order valence-corrected chi connectivity index (χ3v) is 5.25. The van der Waals surface area contributed by atoms with Gasteiger partial charge in [0.25, 0.3) is 5.91 Å². The first kappa shape index (κ1) is 18.3. The number of H-pyrrole nitrogens is 1. The maximum absolute atomic E-state index is 12.5. The van der Waals surface area contributed by atoms with Crippen LogP contribution in [-0.2, 0) is 9.59 Å². The summed E-state index contributed by atoms with van der Waals surface area (Å²) in [6.07, 6.45) is 2.56. The van der Waals surface area contributed by atoms with Crippen molar-refractivity contribution in [2.24, 2.45) is 5.10 Å². The van der Waals surface area contributed by atoms with Crippen LogP contribution in [0.1, 0.15) is 29.9 Å². The standard InChI is InChI=1S/C21H19ClN4O2/c22-17-7-3-1-5-13(17)15(16-11-23-18-8-4-2-6-14(16)18)12-24-21(28)19-9-10-20(27)26-25-19/h1-8,11,15,23H,9-10,12H2,(H,24,28)(H,26,27)/t15-/m0/s1. The van der Waals surface area contributed by atoms with Crippen LogP contribution in [0.2, 0.25) is 5.02 Å². The van der Waals surface area contributed by atoms with E-state index in [-0.39, 0.29) is 24.2 Å². The summed E-state index contributed by atoms with van der Waals surface area (Å²) in [5.74, 6) is -0.589. The van der Waals surface area contributed by atoms with Gasteiger partial charge in [-0.05, 0) is 23.3 Å². The normalized spacial score (nSPS) is 15.0. The Balaban J connectivity index is 1.64. The number of fused-ring (bicyclic) bond motifs is 1. The van der Waals surface area contributed by atoms with Crippen molar-refractivity contribution in [3.05, 3.63) is 70.9 Å². The summed E-state index contributed by atoms with van der Waals surface area (Å²) < 4.78 is 0. The van der Waals surface area contributed by atoms with Crippen molar-refractivity contribution in [3.8, 4) is 0 Å². The highest BCUT2D eigenvalue weighted by molar-refractivity contribution is 6.39. The van der Waals surface area contributed by atoms with Crippen molar-refractivity contribution < 1.29 is 9.59 Å². The van der Waals surface area contributed by atoms with Crippen molar-refractivity contribution in [2.45, 2.75) is 18.8 Å². The topological polar surface area (TPSA) is 86.3 Å². The van der Waals surface area contributed by atoms with E-state index in [1.807, 2.05) is 54.7 Å². The smallest absolute Gasteiger partial charge is 0.267 e. The van der Waals surface area contributed by atoms with Gasteiger partial charge in [-0.1, -0.05) is 48.0 Å². The lowest BCUT2D eigenvalue weighted by Crippen LogP contribution is -2.38. The first-order chi connectivity index (χ1) is 13.6. The second-order valence-electron chi connectivity index (χ2n) is 6.67. The molecule has 4 rings (SSSR count). The summed E-state index contributed by atoms with van der Waals surface area (Å²) in [7, 11) is 0. The van der Waals surface area contributed by atoms with Gasteiger partial charge in [0.05, 0.1) is 0 Å². The minimum atomic E-state index is -0.281. The third kappa shape index (κ3) is 3.64. The van der Waals surface area contributed by atoms with Gasteiger partial charge in [-0.3, -0.25) is 9.59 Å². The molecule has 0 unspecified atom stereocenters. The SMILES string of the molecule is O=C1CCC(C(=O)NC[C@@H](c2ccccc2Cl)c2c[nH]c3ccccc23)=NN1. The maximum Gasteiger partial charge on any atom is 0.267 e. The van der Waals surface area contributed by atoms with Crippen LogP contribution in [0, 0.1) is 0 Å². The fourth-order valence-electron chi connectivity index (χ4n) is 3.46. The number of hydrazone groups is 1. The monoisotopic (exact) mass is 394 g/mol. The highest BCUT2D eigenvalue weighted by Gasteiger charge is 2.23. The Hall–Kier alpha value is -3.12. The van der Waals surface area contributed by atoms with Crippen LogP contribution in [-0.4, -0.2) is 29.1 Å². The van der Waals surface area contributed by atoms with Gasteiger partial charge in [-0.15, -0.1) is 0 Å². The van der Waals surface area contributed by atoms with Gasteiger partial charge >= 0.3 is 0 Å². The van der Waals surface area contributed by atoms with Crippen molar-refractivity contribution in [3.63, 3.8) is 0 Å². The molecule has 2 amide bonds. The number of halogens is 1. The number of aromatic nitrogens is 1. The third-order valence-electron chi connectivity index (χ3n) is 4.91. The van der Waals surface area contributed by atoms with Crippen molar-refractivity contribution in [1.29, 1.82) is 0 Å². The van der Waals surface area contributed by atoms with Gasteiger partial charge in [-0.25, -0.2) is 5.43 Å². The molecule has 0 spiro atoms. The lowest BCUT2D eigenvalue weighted by molar-refractivity contribution is -0.121. The summed E-state index contributed by atoms with van der Waals surface area (Å²) in [5, 5.41) is 8.55. The highest BCUT2D eigenvalue weighted by atomic mass is 35.5. The zero-order chi connectivity index (χ0) is 19.5. The second-order valence-corrected chi connectivity index (χ2v) is 7.07. The van der Waals surface area contributed by atoms with E-state index in [1.165, 1.54) is 0 Å². The number of hydrogen-bond acceptors (Lipinski definition) is 3. The van der Waals surface area contributed by atoms with E-state index in [1.54, 1.807) is 0 Å². The number of carbonyl (C=O) groups is 2. The molecule has 0 saturated heterocycles. The summed E-state index contributed by atoms with van der Waals surface area (Å²) in [5.41, 5.74) is 5.71. The first-order valence-electron chi connectivity index (χ1n) is 9.07. The van der Waals surface area contributed by atoms with E-state index >= 15 is 0 Å². The molecule has 28 heavy (non-hydrogen) atoms. The van der Waals surface area contributed by atoms with E-state index in [0.717, 1.165) is 22.0 Å². The molecule has 0 saturated carbocycles. The van der Waals surface area contributed by atoms with Crippen LogP contribution in [0.15, 0.2) is 59.8 Å². The van der Waals surface area contributed by atoms with Gasteiger partial charge < -0.3 is 10.3 Å². The summed E-state index contributed by atoms with van der Waals surface area (Å²) in [6.45, 7) is 0.359. The molecule has 3 N–H and O–H groups in total. The van der Waals surface area contributed by atoms with Gasteiger partial charge in [0.2, 0.25) is 5.91 Å². The maximum atomic E-state index is 12.5. The number of amides is 2. The van der Waals surface area contributed by atoms with E-state index in [0.29, 0.717) is 23.7 Å². The van der Waals surface area contributed by atoms with Crippen molar-refractivity contribution in [2.75, 3.05) is 6.54 Å². The zero-order valence-corrected chi connectivity index (χ0v) is 15.8. The molecular weight excluding hydrogens is 376 g/mol. The van der Waals surface area contributed by atoms with Gasteiger partial charge in [-0.2, -0.15) is 5.10 Å². The number of benzene rings is 2. The molecule has 142 valence electrons. The van der Waals surface area contributed by atoms with Crippen LogP contribution in [0.4, 0.5) is 0 Å². The molecule has 0 aliphatic carbocycles. The minimum Gasteiger partial charge on any atom is -0.361 e. The quantitative estimate of drug-likeness (QED) is 0.620. The number of hydrogen-bond donors (Lipinski definition) is 3. The number of nitrogens with one attached hydrogen (secondary N) is 3. The molecule has 1 atom stereocenters. The van der Waals surface area contributed by atoms with E-state index < -0.39 is 0 Å². The predicted octanol–water partition coefficient (Wildman–Crippen LogP) is 3.34. The van der Waals surface area contributed by atoms with Gasteiger partial charge in [0.15, 0.2) is 0 Å². The molecule has 0 bridgehead atoms. The van der Waals surface area contributed by atoms with Crippen LogP contribution in [0.5, 0.6) is 0 Å². The summed E-state index contributed by atoms with van der Waals surface area (Å²) in [6, 6.07) is 15.7. The molecule has 1 aliphatic rings. The molecule has 0 radical (unpaired) electrons. The second kappa shape index (κ2) is 7.86. The fourth-order valence-corrected chi connectivity index (χ4v) is 3.73. The molecule has 7 heteroatoms. The highest BCUT2D eigenvalue weighted by Crippen LogP contribution is 2.34. The number of aromatic amines is 1. The summed E-state index contributed by atoms with van der Waals surface area (Å²) in [4.78, 5) is 27.0. The van der Waals surface area contributed by atoms with Crippen LogP contribution >= 0.6 is 11.6 Å². The number of rotatable bonds is 5. The molecule has 2 heterocycles. The largest absolute Gasteiger partial charge is 0.361 e. The fraction of sp³-hybridized carbons (Fsp3) is 0.190. The molecule has 2 aromatic carbocycles. The van der Waals surface area contributed by atoms with Crippen LogP contribution < -0.4 is 10.7 Å². The Morgan fingerprint density at radius 1 is 1.11 bits per heavy atom. The molecule has 6 nitrogen and oxygen atoms in total. The van der Waals surface area contributed by atoms with Crippen molar-refractivity contribution in [1.82, 2.24) is 15.7 Å². The first-order valence-corrected chi connectivity index (χ1v) is 9.45. The van der Waals surface area contributed by atoms with Crippen LogP contribution in [0.25, 0.3) is 10.9 Å². The summed E-state index contributed by atoms with van der Waals surface area (Å²) >= 11 is 6.47. The Bertz CT molecular complexity index is 1070. The predicted molar refractivity (Wildman–Crippen MR) is 109 cm³/mol. The average Bonchev–Trinajstić information content (AvgIpc) is 3.14. The van der Waals surface area contributed by atoms with Crippen LogP contribution in [0.3, 0.4) is 0 Å². The van der Waals surface area contributed by atoms with E-state index in [2.05, 4.69) is 20.8 Å². The lowest BCUT2D eigenvalue weighted by Gasteiger charge is -2.20. The van der Waals surface area contributed by atoms with Gasteiger partial charge in [0, 0.05) is 47.4 Å². The molecule has 1 aromatic heterocycles. The van der Waals surface area contributed by atoms with Crippen molar-refractivity contribution >= 4 is 40.0 Å². The minimum absolute atomic E-state index is 0.132. The van der Waals surface area contributed by atoms with E-state index in [4.69, 9.17) is 11.6 Å². The Labute approximate surface area is 167 Å². The lowest BCUT2D eigenvalue weighted by atomic mass is 9.90. The average molecular weight is 395 g/mol. The number of nitrogens with zero attached hydrogens (tertiary/aromatic N) is 1. The molecule has 3 aromatic rings. The zero-order valence-electron chi connectivity index (χ0n) is 15.0. The Morgan fingerprint density at radius 2 is 1.89 bits per heavy atom. The molecular formula is C21H19ClN4O2. The van der Waals surface area contributed by atoms with Gasteiger partial charge in [0.1, 0.15) is 5.71 Å². The molecule has 0 fully saturated rings. The molecule has 1 aliphatic heterocycles. The number of carbonyl (C=O) groups excluding carboxylic acids is 2. The van der Waals surface area contributed by atoms with E-state index in [9.17, 15) is 9.59 Å². The Morgan fingerprint density at radius 3 is 2.68 bits per heavy atom.